The van der Waals surface area contributed by atoms with Gasteiger partial charge in [0.25, 0.3) is 5.56 Å². The molecular formula is C21H16FN3O2. The van der Waals surface area contributed by atoms with Crippen molar-refractivity contribution in [2.24, 2.45) is 0 Å². The molecule has 0 radical (unpaired) electrons. The van der Waals surface area contributed by atoms with E-state index < -0.39 is 0 Å². The van der Waals surface area contributed by atoms with Gasteiger partial charge in [-0.3, -0.25) is 9.36 Å². The van der Waals surface area contributed by atoms with E-state index in [2.05, 4.69) is 9.97 Å². The number of rotatable bonds is 4. The predicted octanol–water partition coefficient (Wildman–Crippen LogP) is 3.65. The molecular weight excluding hydrogens is 345 g/mol. The van der Waals surface area contributed by atoms with Gasteiger partial charge in [0.1, 0.15) is 5.82 Å². The minimum Gasteiger partial charge on any atom is -0.481 e. The summed E-state index contributed by atoms with van der Waals surface area (Å²) < 4.78 is 21.2. The zero-order valence-corrected chi connectivity index (χ0v) is 14.6. The van der Waals surface area contributed by atoms with Gasteiger partial charge >= 0.3 is 0 Å². The molecule has 0 aliphatic carbocycles. The highest BCUT2D eigenvalue weighted by Crippen LogP contribution is 2.24. The van der Waals surface area contributed by atoms with E-state index in [0.29, 0.717) is 27.9 Å². The molecule has 0 aliphatic heterocycles. The molecule has 0 spiro atoms. The van der Waals surface area contributed by atoms with Gasteiger partial charge in [0.2, 0.25) is 5.88 Å². The Morgan fingerprint density at radius 1 is 1.04 bits per heavy atom. The van der Waals surface area contributed by atoms with Crippen LogP contribution in [0.2, 0.25) is 0 Å². The van der Waals surface area contributed by atoms with Crippen molar-refractivity contribution < 1.29 is 9.13 Å². The van der Waals surface area contributed by atoms with Gasteiger partial charge in [-0.2, -0.15) is 0 Å². The molecule has 5 nitrogen and oxygen atoms in total. The van der Waals surface area contributed by atoms with Crippen LogP contribution in [0.5, 0.6) is 5.88 Å². The van der Waals surface area contributed by atoms with Crippen molar-refractivity contribution in [2.75, 3.05) is 7.11 Å². The number of aromatic nitrogens is 3. The summed E-state index contributed by atoms with van der Waals surface area (Å²) in [5.74, 6) is 0.0779. The zero-order valence-electron chi connectivity index (χ0n) is 14.6. The van der Waals surface area contributed by atoms with E-state index in [1.807, 2.05) is 12.1 Å². The van der Waals surface area contributed by atoms with E-state index in [-0.39, 0.29) is 17.9 Å². The number of hydrogen-bond acceptors (Lipinski definition) is 4. The summed E-state index contributed by atoms with van der Waals surface area (Å²) in [4.78, 5) is 20.9. The maximum atomic E-state index is 14.7. The first kappa shape index (κ1) is 16.9. The third-order valence-corrected chi connectivity index (χ3v) is 4.40. The summed E-state index contributed by atoms with van der Waals surface area (Å²) in [5.41, 5.74) is 2.36. The average Bonchev–Trinajstić information content (AvgIpc) is 2.71. The molecule has 0 bridgehead atoms. The fraction of sp³-hybridized carbons (Fsp3) is 0.0952. The molecule has 27 heavy (non-hydrogen) atoms. The van der Waals surface area contributed by atoms with Gasteiger partial charge < -0.3 is 4.74 Å². The number of hydrogen-bond donors (Lipinski definition) is 0. The van der Waals surface area contributed by atoms with Crippen LogP contribution in [0.15, 0.2) is 71.9 Å². The first-order valence-corrected chi connectivity index (χ1v) is 8.39. The Morgan fingerprint density at radius 3 is 2.67 bits per heavy atom. The normalized spacial score (nSPS) is 10.9. The topological polar surface area (TPSA) is 57.0 Å². The number of para-hydroxylation sites is 1. The first-order valence-electron chi connectivity index (χ1n) is 8.39. The van der Waals surface area contributed by atoms with E-state index in [0.717, 1.165) is 5.56 Å². The third-order valence-electron chi connectivity index (χ3n) is 4.40. The van der Waals surface area contributed by atoms with Gasteiger partial charge in [-0.1, -0.05) is 24.3 Å². The Bertz CT molecular complexity index is 1190. The van der Waals surface area contributed by atoms with E-state index in [4.69, 9.17) is 4.74 Å². The SMILES string of the molecule is COc1cc(-c2ccc(Cn3cnc4ccccc4c3=O)c(F)c2)ccn1. The Balaban J connectivity index is 1.67. The minimum atomic E-state index is -0.386. The molecule has 0 fully saturated rings. The average molecular weight is 361 g/mol. The molecule has 0 amide bonds. The summed E-state index contributed by atoms with van der Waals surface area (Å²) in [7, 11) is 1.53. The highest BCUT2D eigenvalue weighted by atomic mass is 19.1. The van der Waals surface area contributed by atoms with Crippen LogP contribution in [0.3, 0.4) is 0 Å². The van der Waals surface area contributed by atoms with Crippen molar-refractivity contribution in [2.45, 2.75) is 6.54 Å². The molecule has 0 N–H and O–H groups in total. The third kappa shape index (κ3) is 3.29. The Labute approximate surface area is 154 Å². The molecule has 2 aromatic heterocycles. The van der Waals surface area contributed by atoms with Crippen LogP contribution in [-0.4, -0.2) is 21.6 Å². The monoisotopic (exact) mass is 361 g/mol. The van der Waals surface area contributed by atoms with Gasteiger partial charge in [0.05, 0.1) is 30.9 Å². The maximum absolute atomic E-state index is 14.7. The molecule has 0 saturated heterocycles. The van der Waals surface area contributed by atoms with Crippen LogP contribution in [0, 0.1) is 5.82 Å². The molecule has 2 aromatic carbocycles. The van der Waals surface area contributed by atoms with Crippen molar-refractivity contribution >= 4 is 10.9 Å². The second kappa shape index (κ2) is 6.99. The number of pyridine rings is 1. The summed E-state index contributed by atoms with van der Waals surface area (Å²) >= 11 is 0. The van der Waals surface area contributed by atoms with Crippen LogP contribution < -0.4 is 10.3 Å². The van der Waals surface area contributed by atoms with E-state index in [1.165, 1.54) is 24.1 Å². The first-order chi connectivity index (χ1) is 13.2. The predicted molar refractivity (Wildman–Crippen MR) is 101 cm³/mol. The number of benzene rings is 2. The molecule has 0 atom stereocenters. The molecule has 0 unspecified atom stereocenters. The lowest BCUT2D eigenvalue weighted by atomic mass is 10.0. The quantitative estimate of drug-likeness (QED) is 0.557. The Morgan fingerprint density at radius 2 is 1.85 bits per heavy atom. The van der Waals surface area contributed by atoms with Crippen LogP contribution in [0.4, 0.5) is 4.39 Å². The van der Waals surface area contributed by atoms with E-state index >= 15 is 0 Å². The van der Waals surface area contributed by atoms with Crippen LogP contribution >= 0.6 is 0 Å². The summed E-state index contributed by atoms with van der Waals surface area (Å²) in [5, 5.41) is 0.515. The van der Waals surface area contributed by atoms with Crippen molar-refractivity contribution in [3.8, 4) is 17.0 Å². The van der Waals surface area contributed by atoms with Crippen molar-refractivity contribution in [1.29, 1.82) is 0 Å². The van der Waals surface area contributed by atoms with Crippen molar-refractivity contribution in [1.82, 2.24) is 14.5 Å². The van der Waals surface area contributed by atoms with Gasteiger partial charge in [0.15, 0.2) is 0 Å². The fourth-order valence-electron chi connectivity index (χ4n) is 2.96. The van der Waals surface area contributed by atoms with Crippen molar-refractivity contribution in [3.05, 3.63) is 88.9 Å². The zero-order chi connectivity index (χ0) is 18.8. The lowest BCUT2D eigenvalue weighted by Crippen LogP contribution is -2.21. The maximum Gasteiger partial charge on any atom is 0.261 e. The van der Waals surface area contributed by atoms with Gasteiger partial charge in [-0.05, 0) is 35.4 Å². The number of ether oxygens (including phenoxy) is 1. The fourth-order valence-corrected chi connectivity index (χ4v) is 2.96. The van der Waals surface area contributed by atoms with Gasteiger partial charge in [-0.15, -0.1) is 0 Å². The highest BCUT2D eigenvalue weighted by molar-refractivity contribution is 5.76. The highest BCUT2D eigenvalue weighted by Gasteiger charge is 2.09. The van der Waals surface area contributed by atoms with E-state index in [9.17, 15) is 9.18 Å². The van der Waals surface area contributed by atoms with Crippen LogP contribution in [0.25, 0.3) is 22.0 Å². The van der Waals surface area contributed by atoms with Gasteiger partial charge in [-0.25, -0.2) is 14.4 Å². The largest absolute Gasteiger partial charge is 0.481 e. The number of halogens is 1. The Kier molecular flexibility index (Phi) is 4.38. The summed E-state index contributed by atoms with van der Waals surface area (Å²) in [6.45, 7) is 0.114. The molecule has 4 rings (SSSR count). The number of methoxy groups -OCH3 is 1. The van der Waals surface area contributed by atoms with E-state index in [1.54, 1.807) is 42.6 Å². The summed E-state index contributed by atoms with van der Waals surface area (Å²) in [6.07, 6.45) is 3.06. The van der Waals surface area contributed by atoms with Crippen LogP contribution in [0.1, 0.15) is 5.56 Å². The summed E-state index contributed by atoms with van der Waals surface area (Å²) in [6, 6.07) is 15.6. The van der Waals surface area contributed by atoms with Gasteiger partial charge in [0, 0.05) is 17.8 Å². The van der Waals surface area contributed by atoms with Crippen LogP contribution in [-0.2, 0) is 6.54 Å². The lowest BCUT2D eigenvalue weighted by molar-refractivity contribution is 0.398. The minimum absolute atomic E-state index is 0.114. The molecule has 2 heterocycles. The number of fused-ring (bicyclic) bond motifs is 1. The molecule has 4 aromatic rings. The second-order valence-electron chi connectivity index (χ2n) is 6.09. The number of nitrogens with zero attached hydrogens (tertiary/aromatic N) is 3. The smallest absolute Gasteiger partial charge is 0.261 e. The molecule has 0 aliphatic rings. The molecule has 0 saturated carbocycles. The molecule has 134 valence electrons. The molecule has 6 heteroatoms. The lowest BCUT2D eigenvalue weighted by Gasteiger charge is -2.10. The second-order valence-corrected chi connectivity index (χ2v) is 6.09. The Hall–Kier alpha value is -3.54. The van der Waals surface area contributed by atoms with Crippen molar-refractivity contribution in [3.63, 3.8) is 0 Å². The standard InChI is InChI=1S/C21H16FN3O2/c1-27-20-11-15(8-9-23-20)14-6-7-16(18(22)10-14)12-25-13-24-19-5-3-2-4-17(19)21(25)26/h2-11,13H,12H2,1H3.